The lowest BCUT2D eigenvalue weighted by molar-refractivity contribution is 0.102. The van der Waals surface area contributed by atoms with E-state index in [1.165, 1.54) is 21.9 Å². The van der Waals surface area contributed by atoms with Crippen LogP contribution < -0.4 is 10.9 Å². The molecule has 0 radical (unpaired) electrons. The van der Waals surface area contributed by atoms with Crippen molar-refractivity contribution in [2.75, 3.05) is 5.32 Å². The number of nitrogens with zero attached hydrogens (tertiary/aromatic N) is 3. The molecule has 0 atom stereocenters. The summed E-state index contributed by atoms with van der Waals surface area (Å²) in [6.07, 6.45) is 5.31. The number of fused-ring (bicyclic) bond motifs is 1. The van der Waals surface area contributed by atoms with Crippen LogP contribution in [0.3, 0.4) is 0 Å². The molecule has 0 aliphatic heterocycles. The summed E-state index contributed by atoms with van der Waals surface area (Å²) in [5.74, 6) is 0.0583. The third-order valence-corrected chi connectivity index (χ3v) is 4.61. The Bertz CT molecular complexity index is 972. The van der Waals surface area contributed by atoms with Gasteiger partial charge in [0.25, 0.3) is 11.5 Å². The van der Waals surface area contributed by atoms with Crippen molar-refractivity contribution in [2.24, 2.45) is 0 Å². The van der Waals surface area contributed by atoms with E-state index in [1.54, 1.807) is 12.3 Å². The number of thiazole rings is 1. The number of pyridine rings is 1. The van der Waals surface area contributed by atoms with Crippen LogP contribution in [0.25, 0.3) is 5.65 Å². The lowest BCUT2D eigenvalue weighted by Crippen LogP contribution is -2.26. The second kappa shape index (κ2) is 5.27. The summed E-state index contributed by atoms with van der Waals surface area (Å²) < 4.78 is 1.39. The highest BCUT2D eigenvalue weighted by Gasteiger charge is 2.26. The first-order valence-electron chi connectivity index (χ1n) is 7.36. The monoisotopic (exact) mass is 326 g/mol. The number of anilines is 1. The molecule has 1 aliphatic rings. The standard InChI is InChI=1S/C16H14N4O2S/c1-9-2-5-13-17-6-11(15(22)20(13)7-9)14(21)19-16-18-12(8-23-16)10-3-4-10/h2,5-8,10H,3-4H2,1H3,(H,18,19,21). The molecule has 1 saturated carbocycles. The Morgan fingerprint density at radius 1 is 1.39 bits per heavy atom. The van der Waals surface area contributed by atoms with E-state index < -0.39 is 5.91 Å². The highest BCUT2D eigenvalue weighted by Crippen LogP contribution is 2.40. The molecule has 0 spiro atoms. The van der Waals surface area contributed by atoms with E-state index in [4.69, 9.17) is 0 Å². The molecular weight excluding hydrogens is 312 g/mol. The van der Waals surface area contributed by atoms with Crippen molar-refractivity contribution in [3.8, 4) is 0 Å². The van der Waals surface area contributed by atoms with E-state index in [0.29, 0.717) is 16.7 Å². The fraction of sp³-hybridized carbons (Fsp3) is 0.250. The fourth-order valence-electron chi connectivity index (χ4n) is 2.41. The van der Waals surface area contributed by atoms with Crippen LogP contribution >= 0.6 is 11.3 Å². The van der Waals surface area contributed by atoms with Gasteiger partial charge in [0.15, 0.2) is 5.13 Å². The molecular formula is C16H14N4O2S. The summed E-state index contributed by atoms with van der Waals surface area (Å²) in [4.78, 5) is 33.4. The van der Waals surface area contributed by atoms with E-state index in [0.717, 1.165) is 24.1 Å². The second-order valence-electron chi connectivity index (χ2n) is 5.72. The van der Waals surface area contributed by atoms with Gasteiger partial charge in [-0.2, -0.15) is 0 Å². The summed E-state index contributed by atoms with van der Waals surface area (Å²) >= 11 is 1.38. The summed E-state index contributed by atoms with van der Waals surface area (Å²) in [6, 6.07) is 3.62. The predicted molar refractivity (Wildman–Crippen MR) is 88.2 cm³/mol. The van der Waals surface area contributed by atoms with Crippen LogP contribution in [-0.4, -0.2) is 20.3 Å². The highest BCUT2D eigenvalue weighted by atomic mass is 32.1. The molecule has 0 bridgehead atoms. The Morgan fingerprint density at radius 3 is 3.00 bits per heavy atom. The van der Waals surface area contributed by atoms with Gasteiger partial charge in [0.05, 0.1) is 5.69 Å². The van der Waals surface area contributed by atoms with E-state index in [-0.39, 0.29) is 11.1 Å². The minimum atomic E-state index is -0.477. The van der Waals surface area contributed by atoms with E-state index in [2.05, 4.69) is 15.3 Å². The van der Waals surface area contributed by atoms with Crippen LogP contribution in [0.2, 0.25) is 0 Å². The number of amides is 1. The van der Waals surface area contributed by atoms with Crippen LogP contribution in [0.4, 0.5) is 5.13 Å². The Hall–Kier alpha value is -2.54. The SMILES string of the molecule is Cc1ccc2ncc(C(=O)Nc3nc(C4CC4)cs3)c(=O)n2c1. The number of aryl methyl sites for hydroxylation is 1. The van der Waals surface area contributed by atoms with Gasteiger partial charge in [-0.25, -0.2) is 9.97 Å². The van der Waals surface area contributed by atoms with Crippen molar-refractivity contribution in [3.05, 3.63) is 57.1 Å². The average Bonchev–Trinajstić information content (AvgIpc) is 3.28. The van der Waals surface area contributed by atoms with Crippen LogP contribution in [0.5, 0.6) is 0 Å². The van der Waals surface area contributed by atoms with Crippen molar-refractivity contribution in [1.29, 1.82) is 0 Å². The third kappa shape index (κ3) is 2.63. The molecule has 7 heteroatoms. The Kier molecular flexibility index (Phi) is 3.23. The van der Waals surface area contributed by atoms with Gasteiger partial charge in [0.1, 0.15) is 11.2 Å². The zero-order valence-corrected chi connectivity index (χ0v) is 13.3. The van der Waals surface area contributed by atoms with Crippen molar-refractivity contribution in [2.45, 2.75) is 25.7 Å². The minimum Gasteiger partial charge on any atom is -0.298 e. The Balaban J connectivity index is 1.65. The van der Waals surface area contributed by atoms with Crippen molar-refractivity contribution < 1.29 is 4.79 Å². The molecule has 0 saturated heterocycles. The molecule has 116 valence electrons. The highest BCUT2D eigenvalue weighted by molar-refractivity contribution is 7.14. The number of nitrogens with one attached hydrogen (secondary N) is 1. The van der Waals surface area contributed by atoms with Gasteiger partial charge in [-0.3, -0.25) is 19.3 Å². The largest absolute Gasteiger partial charge is 0.298 e. The first kappa shape index (κ1) is 14.1. The molecule has 3 aromatic heterocycles. The van der Waals surface area contributed by atoms with Crippen LogP contribution in [0.15, 0.2) is 34.7 Å². The number of carbonyl (C=O) groups is 1. The topological polar surface area (TPSA) is 76.4 Å². The maximum absolute atomic E-state index is 12.5. The summed E-state index contributed by atoms with van der Waals surface area (Å²) in [7, 11) is 0. The zero-order valence-electron chi connectivity index (χ0n) is 12.4. The molecule has 3 aromatic rings. The maximum Gasteiger partial charge on any atom is 0.270 e. The Morgan fingerprint density at radius 2 is 2.22 bits per heavy atom. The van der Waals surface area contributed by atoms with E-state index in [9.17, 15) is 9.59 Å². The summed E-state index contributed by atoms with van der Waals surface area (Å²) in [5, 5.41) is 5.18. The number of carbonyl (C=O) groups excluding carboxylic acids is 1. The molecule has 1 aliphatic carbocycles. The molecule has 0 unspecified atom stereocenters. The lowest BCUT2D eigenvalue weighted by atomic mass is 10.3. The third-order valence-electron chi connectivity index (χ3n) is 3.83. The smallest absolute Gasteiger partial charge is 0.270 e. The minimum absolute atomic E-state index is 0.0104. The molecule has 23 heavy (non-hydrogen) atoms. The molecule has 1 fully saturated rings. The van der Waals surface area contributed by atoms with E-state index in [1.807, 2.05) is 18.4 Å². The van der Waals surface area contributed by atoms with Crippen LogP contribution in [-0.2, 0) is 0 Å². The first-order valence-corrected chi connectivity index (χ1v) is 8.24. The number of hydrogen-bond donors (Lipinski definition) is 1. The normalized spacial score (nSPS) is 14.1. The molecule has 4 rings (SSSR count). The van der Waals surface area contributed by atoms with Gasteiger partial charge in [0, 0.05) is 23.7 Å². The van der Waals surface area contributed by atoms with Gasteiger partial charge in [0.2, 0.25) is 0 Å². The lowest BCUT2D eigenvalue weighted by Gasteiger charge is -2.05. The summed E-state index contributed by atoms with van der Waals surface area (Å²) in [5.41, 5.74) is 2.09. The van der Waals surface area contributed by atoms with Gasteiger partial charge in [-0.05, 0) is 31.4 Å². The number of hydrogen-bond acceptors (Lipinski definition) is 5. The second-order valence-corrected chi connectivity index (χ2v) is 6.58. The fourth-order valence-corrected chi connectivity index (χ4v) is 3.20. The van der Waals surface area contributed by atoms with Crippen molar-refractivity contribution in [1.82, 2.24) is 14.4 Å². The van der Waals surface area contributed by atoms with Gasteiger partial charge in [-0.15, -0.1) is 11.3 Å². The molecule has 3 heterocycles. The average molecular weight is 326 g/mol. The molecule has 1 amide bonds. The molecule has 6 nitrogen and oxygen atoms in total. The van der Waals surface area contributed by atoms with Crippen LogP contribution in [0.1, 0.15) is 40.4 Å². The van der Waals surface area contributed by atoms with Gasteiger partial charge < -0.3 is 0 Å². The molecule has 1 N–H and O–H groups in total. The maximum atomic E-state index is 12.5. The van der Waals surface area contributed by atoms with E-state index >= 15 is 0 Å². The van der Waals surface area contributed by atoms with Crippen molar-refractivity contribution >= 4 is 28.0 Å². The van der Waals surface area contributed by atoms with Gasteiger partial charge >= 0.3 is 0 Å². The summed E-state index contributed by atoms with van der Waals surface area (Å²) in [6.45, 7) is 1.88. The quantitative estimate of drug-likeness (QED) is 0.802. The zero-order chi connectivity index (χ0) is 16.0. The van der Waals surface area contributed by atoms with Gasteiger partial charge in [-0.1, -0.05) is 6.07 Å². The first-order chi connectivity index (χ1) is 11.1. The van der Waals surface area contributed by atoms with Crippen molar-refractivity contribution in [3.63, 3.8) is 0 Å². The molecule has 0 aromatic carbocycles. The predicted octanol–water partition coefficient (Wildman–Crippen LogP) is 2.59. The van der Waals surface area contributed by atoms with Crippen LogP contribution in [0, 0.1) is 6.92 Å². The number of aromatic nitrogens is 3. The Labute approximate surface area is 135 Å². The number of rotatable bonds is 3.